The lowest BCUT2D eigenvalue weighted by Gasteiger charge is -1.64. The first-order valence-electron chi connectivity index (χ1n) is 1.73. The number of allylic oxidation sites excluding steroid dienone is 1. The number of nitrogens with two attached hydrogens (primary N) is 1. The van der Waals surface area contributed by atoms with Crippen molar-refractivity contribution in [2.45, 2.75) is 6.92 Å². The van der Waals surface area contributed by atoms with Gasteiger partial charge in [0.2, 0.25) is 0 Å². The highest BCUT2D eigenvalue weighted by atomic mass is 28.2. The third kappa shape index (κ3) is 3.92. The lowest BCUT2D eigenvalue weighted by Crippen LogP contribution is -1.97. The average molecular weight is 87.2 g/mol. The van der Waals surface area contributed by atoms with Gasteiger partial charge in [-0.2, -0.15) is 0 Å². The van der Waals surface area contributed by atoms with Crippen molar-refractivity contribution in [3.05, 3.63) is 11.8 Å². The molecule has 0 aromatic rings. The Bertz CT molecular complexity index is 33.9. The molecule has 1 nitrogen and oxygen atoms in total. The molecule has 2 N–H and O–H groups in total. The van der Waals surface area contributed by atoms with Crippen LogP contribution in [0.15, 0.2) is 11.8 Å². The van der Waals surface area contributed by atoms with Crippen LogP contribution in [0.25, 0.3) is 0 Å². The summed E-state index contributed by atoms with van der Waals surface area (Å²) in [7, 11) is -0.267. The highest BCUT2D eigenvalue weighted by molar-refractivity contribution is 6.37. The summed E-state index contributed by atoms with van der Waals surface area (Å²) in [5.41, 5.74) is 2.04. The first kappa shape index (κ1) is 4.92. The van der Waals surface area contributed by atoms with Gasteiger partial charge in [-0.25, -0.2) is 0 Å². The highest BCUT2D eigenvalue weighted by Gasteiger charge is 1.54. The monoisotopic (exact) mass is 87.1 g/mol. The Morgan fingerprint density at radius 2 is 2.40 bits per heavy atom. The smallest absolute Gasteiger partial charge is 0.113 e. The van der Waals surface area contributed by atoms with Crippen LogP contribution in [0, 0.1) is 0 Å². The second-order valence-electron chi connectivity index (χ2n) is 0.805. The van der Waals surface area contributed by atoms with Gasteiger partial charge in [0.1, 0.15) is 9.68 Å². The van der Waals surface area contributed by atoms with E-state index >= 15 is 0 Å². The standard InChI is InChI=1S/C3H9NSi/c1-2-3-5-4/h2-3H,4-5H2,1H3. The van der Waals surface area contributed by atoms with E-state index in [1.165, 1.54) is 0 Å². The van der Waals surface area contributed by atoms with Gasteiger partial charge >= 0.3 is 0 Å². The summed E-state index contributed by atoms with van der Waals surface area (Å²) in [5.74, 6) is 0. The predicted octanol–water partition coefficient (Wildman–Crippen LogP) is -0.437. The van der Waals surface area contributed by atoms with E-state index in [9.17, 15) is 0 Å². The molecule has 0 aromatic carbocycles. The van der Waals surface area contributed by atoms with Crippen molar-refractivity contribution in [1.82, 2.24) is 0 Å². The molecule has 2 heteroatoms. The van der Waals surface area contributed by atoms with Crippen LogP contribution in [0.2, 0.25) is 0 Å². The normalized spacial score (nSPS) is 12.4. The van der Waals surface area contributed by atoms with Crippen LogP contribution in [0.5, 0.6) is 0 Å². The molecule has 0 spiro atoms. The molecule has 0 aromatic heterocycles. The Morgan fingerprint density at radius 3 is 2.40 bits per heavy atom. The number of hydrogen-bond acceptors (Lipinski definition) is 1. The third-order valence-corrected chi connectivity index (χ3v) is 1.12. The Morgan fingerprint density at radius 1 is 1.80 bits per heavy atom. The minimum atomic E-state index is -0.267. The van der Waals surface area contributed by atoms with Gasteiger partial charge in [-0.3, -0.25) is 0 Å². The molecule has 0 amide bonds. The molecule has 5 heavy (non-hydrogen) atoms. The van der Waals surface area contributed by atoms with Gasteiger partial charge in [-0.1, -0.05) is 11.8 Å². The summed E-state index contributed by atoms with van der Waals surface area (Å²) >= 11 is 0. The topological polar surface area (TPSA) is 26.0 Å². The molecule has 0 fully saturated rings. The minimum absolute atomic E-state index is 0.267. The maximum atomic E-state index is 5.19. The van der Waals surface area contributed by atoms with Crippen molar-refractivity contribution < 1.29 is 0 Å². The average Bonchev–Trinajstić information content (AvgIpc) is 1.41. The lowest BCUT2D eigenvalue weighted by molar-refractivity contribution is 1.76. The van der Waals surface area contributed by atoms with E-state index in [4.69, 9.17) is 5.40 Å². The van der Waals surface area contributed by atoms with Crippen molar-refractivity contribution >= 4 is 9.68 Å². The SMILES string of the molecule is CC=C[SiH2]N. The molecule has 0 aliphatic rings. The Hall–Kier alpha value is -0.0831. The molecule has 0 aliphatic carbocycles. The largest absolute Gasteiger partial charge is 0.353 e. The molecule has 0 aliphatic heterocycles. The zero-order valence-electron chi connectivity index (χ0n) is 3.44. The maximum Gasteiger partial charge on any atom is 0.113 e. The van der Waals surface area contributed by atoms with Gasteiger partial charge in [0.05, 0.1) is 0 Å². The summed E-state index contributed by atoms with van der Waals surface area (Å²) in [6.07, 6.45) is 1.99. The molecule has 0 rings (SSSR count). The molecule has 0 radical (unpaired) electrons. The third-order valence-electron chi connectivity index (χ3n) is 0.372. The predicted molar refractivity (Wildman–Crippen MR) is 27.5 cm³/mol. The first-order valence-corrected chi connectivity index (χ1v) is 3.36. The lowest BCUT2D eigenvalue weighted by atomic mass is 10.8. The molecule has 0 heterocycles. The fraction of sp³-hybridized carbons (Fsp3) is 0.333. The second kappa shape index (κ2) is 3.92. The molecule has 30 valence electrons. The number of hydrogen-bond donors (Lipinski definition) is 1. The van der Waals surface area contributed by atoms with E-state index in [1.54, 1.807) is 0 Å². The van der Waals surface area contributed by atoms with Crippen LogP contribution < -0.4 is 5.40 Å². The van der Waals surface area contributed by atoms with Gasteiger partial charge in [0, 0.05) is 0 Å². The molecule has 0 unspecified atom stereocenters. The summed E-state index contributed by atoms with van der Waals surface area (Å²) in [5, 5.41) is 5.19. The van der Waals surface area contributed by atoms with Crippen LogP contribution in [0.4, 0.5) is 0 Å². The quantitative estimate of drug-likeness (QED) is 0.431. The Balaban J connectivity index is 2.62. The van der Waals surface area contributed by atoms with Gasteiger partial charge < -0.3 is 5.40 Å². The Kier molecular flexibility index (Phi) is 3.85. The molecule has 0 saturated heterocycles. The van der Waals surface area contributed by atoms with Gasteiger partial charge in [0.15, 0.2) is 0 Å². The van der Waals surface area contributed by atoms with E-state index in [0.717, 1.165) is 0 Å². The van der Waals surface area contributed by atoms with E-state index in [-0.39, 0.29) is 9.68 Å². The van der Waals surface area contributed by atoms with Crippen LogP contribution in [-0.4, -0.2) is 9.68 Å². The van der Waals surface area contributed by atoms with Crippen molar-refractivity contribution in [1.29, 1.82) is 0 Å². The summed E-state index contributed by atoms with van der Waals surface area (Å²) < 4.78 is 0. The zero-order valence-corrected chi connectivity index (χ0v) is 4.85. The van der Waals surface area contributed by atoms with Crippen molar-refractivity contribution in [2.24, 2.45) is 5.40 Å². The van der Waals surface area contributed by atoms with Gasteiger partial charge in [-0.15, -0.1) is 0 Å². The second-order valence-corrected chi connectivity index (χ2v) is 1.75. The highest BCUT2D eigenvalue weighted by Crippen LogP contribution is 1.55. The van der Waals surface area contributed by atoms with Crippen LogP contribution in [0.1, 0.15) is 6.92 Å². The van der Waals surface area contributed by atoms with Crippen LogP contribution in [-0.2, 0) is 0 Å². The Labute approximate surface area is 34.8 Å². The molecular weight excluding hydrogens is 78.1 g/mol. The van der Waals surface area contributed by atoms with E-state index < -0.39 is 0 Å². The van der Waals surface area contributed by atoms with Crippen LogP contribution >= 0.6 is 0 Å². The fourth-order valence-corrected chi connectivity index (χ4v) is 0.408. The van der Waals surface area contributed by atoms with Crippen molar-refractivity contribution in [3.8, 4) is 0 Å². The fourth-order valence-electron chi connectivity index (χ4n) is 0.136. The zero-order chi connectivity index (χ0) is 4.12. The molecule has 0 atom stereocenters. The van der Waals surface area contributed by atoms with E-state index in [2.05, 4.69) is 0 Å². The minimum Gasteiger partial charge on any atom is -0.353 e. The van der Waals surface area contributed by atoms with Crippen LogP contribution in [0.3, 0.4) is 0 Å². The van der Waals surface area contributed by atoms with Crippen molar-refractivity contribution in [2.75, 3.05) is 0 Å². The van der Waals surface area contributed by atoms with Gasteiger partial charge in [0.25, 0.3) is 0 Å². The summed E-state index contributed by atoms with van der Waals surface area (Å²) in [4.78, 5) is 0. The molecular formula is C3H9NSi. The van der Waals surface area contributed by atoms with E-state index in [0.29, 0.717) is 0 Å². The van der Waals surface area contributed by atoms with Gasteiger partial charge in [-0.05, 0) is 6.92 Å². The first-order chi connectivity index (χ1) is 2.41. The number of rotatable bonds is 1. The van der Waals surface area contributed by atoms with Crippen molar-refractivity contribution in [3.63, 3.8) is 0 Å². The summed E-state index contributed by atoms with van der Waals surface area (Å²) in [6.45, 7) is 1.99. The molecule has 0 saturated carbocycles. The summed E-state index contributed by atoms with van der Waals surface area (Å²) in [6, 6.07) is 0. The maximum absolute atomic E-state index is 5.19. The van der Waals surface area contributed by atoms with E-state index in [1.807, 2.05) is 18.7 Å². The molecule has 0 bridgehead atoms.